The molecule has 1 saturated heterocycles. The molecule has 0 aliphatic carbocycles. The van der Waals surface area contributed by atoms with Crippen molar-refractivity contribution < 1.29 is 13.2 Å². The van der Waals surface area contributed by atoms with Gasteiger partial charge in [0.05, 0.1) is 23.4 Å². The quantitative estimate of drug-likeness (QED) is 0.863. The second-order valence-corrected chi connectivity index (χ2v) is 7.95. The van der Waals surface area contributed by atoms with Crippen molar-refractivity contribution in [2.75, 3.05) is 28.8 Å². The normalized spacial score (nSPS) is 19.8. The summed E-state index contributed by atoms with van der Waals surface area (Å²) in [5.41, 5.74) is 0.855. The minimum Gasteiger partial charge on any atom is -0.369 e. The third-order valence-electron chi connectivity index (χ3n) is 3.94. The summed E-state index contributed by atoms with van der Waals surface area (Å²) in [7, 11) is -1.02. The molecule has 2 heterocycles. The van der Waals surface area contributed by atoms with Crippen LogP contribution in [-0.4, -0.2) is 43.9 Å². The van der Waals surface area contributed by atoms with Crippen LogP contribution in [0, 0.1) is 0 Å². The molecule has 1 aromatic heterocycles. The Morgan fingerprint density at radius 3 is 2.77 bits per heavy atom. The number of unbranched alkanes of at least 4 members (excludes halogenated alkanes) is 1. The number of rotatable bonds is 6. The number of anilines is 2. The van der Waals surface area contributed by atoms with Crippen LogP contribution in [0.2, 0.25) is 0 Å². The summed E-state index contributed by atoms with van der Waals surface area (Å²) < 4.78 is 23.1. The van der Waals surface area contributed by atoms with Crippen LogP contribution in [0.3, 0.4) is 0 Å². The molecule has 2 rings (SSSR count). The highest BCUT2D eigenvalue weighted by Crippen LogP contribution is 2.23. The summed E-state index contributed by atoms with van der Waals surface area (Å²) in [4.78, 5) is 17.8. The van der Waals surface area contributed by atoms with Gasteiger partial charge in [-0.3, -0.25) is 4.79 Å². The zero-order valence-corrected chi connectivity index (χ0v) is 13.9. The summed E-state index contributed by atoms with van der Waals surface area (Å²) in [5.74, 6) is 0.939. The largest absolute Gasteiger partial charge is 0.369 e. The van der Waals surface area contributed by atoms with Gasteiger partial charge in [-0.05, 0) is 25.0 Å². The second-order valence-electron chi connectivity index (χ2n) is 5.72. The number of amides is 1. The van der Waals surface area contributed by atoms with E-state index in [0.29, 0.717) is 18.7 Å². The number of aromatic nitrogens is 1. The molecule has 1 unspecified atom stereocenters. The maximum absolute atomic E-state index is 11.6. The van der Waals surface area contributed by atoms with E-state index >= 15 is 0 Å². The van der Waals surface area contributed by atoms with Crippen molar-refractivity contribution in [3.05, 3.63) is 18.3 Å². The number of sulfone groups is 1. The van der Waals surface area contributed by atoms with Gasteiger partial charge >= 0.3 is 0 Å². The van der Waals surface area contributed by atoms with Crippen LogP contribution in [0.15, 0.2) is 18.3 Å². The van der Waals surface area contributed by atoms with Gasteiger partial charge in [0.1, 0.15) is 5.82 Å². The summed E-state index contributed by atoms with van der Waals surface area (Å²) in [6, 6.07) is 3.60. The monoisotopic (exact) mass is 325 g/mol. The first-order valence-electron chi connectivity index (χ1n) is 7.60. The lowest BCUT2D eigenvalue weighted by Gasteiger charge is -2.25. The van der Waals surface area contributed by atoms with E-state index in [9.17, 15) is 13.2 Å². The van der Waals surface area contributed by atoms with E-state index in [4.69, 9.17) is 0 Å². The molecule has 0 radical (unpaired) electrons. The van der Waals surface area contributed by atoms with E-state index in [-0.39, 0.29) is 23.5 Å². The van der Waals surface area contributed by atoms with Gasteiger partial charge in [-0.1, -0.05) is 13.3 Å². The fourth-order valence-corrected chi connectivity index (χ4v) is 4.28. The van der Waals surface area contributed by atoms with Gasteiger partial charge in [0.25, 0.3) is 0 Å². The Morgan fingerprint density at radius 1 is 1.45 bits per heavy atom. The first-order chi connectivity index (χ1) is 10.4. The van der Waals surface area contributed by atoms with Crippen LogP contribution >= 0.6 is 0 Å². The first-order valence-corrected chi connectivity index (χ1v) is 9.42. The zero-order chi connectivity index (χ0) is 16.2. The Balaban J connectivity index is 1.95. The van der Waals surface area contributed by atoms with Crippen molar-refractivity contribution in [1.82, 2.24) is 4.98 Å². The predicted molar refractivity (Wildman–Crippen MR) is 87.9 cm³/mol. The fourth-order valence-electron chi connectivity index (χ4n) is 2.50. The van der Waals surface area contributed by atoms with E-state index in [1.807, 2.05) is 24.9 Å². The molecule has 0 bridgehead atoms. The lowest BCUT2D eigenvalue weighted by Crippen LogP contribution is -2.32. The molecule has 0 spiro atoms. The van der Waals surface area contributed by atoms with E-state index in [0.717, 1.165) is 18.5 Å². The van der Waals surface area contributed by atoms with E-state index in [1.54, 1.807) is 12.3 Å². The minimum absolute atomic E-state index is 0.00297. The van der Waals surface area contributed by atoms with Crippen molar-refractivity contribution in [2.24, 2.45) is 0 Å². The summed E-state index contributed by atoms with van der Waals surface area (Å²) >= 11 is 0. The van der Waals surface area contributed by atoms with E-state index in [1.165, 1.54) is 0 Å². The van der Waals surface area contributed by atoms with Gasteiger partial charge in [0, 0.05) is 19.5 Å². The molecule has 1 aliphatic rings. The van der Waals surface area contributed by atoms with Crippen LogP contribution in [0.25, 0.3) is 0 Å². The molecule has 1 atom stereocenters. The molecule has 1 N–H and O–H groups in total. The van der Waals surface area contributed by atoms with Crippen molar-refractivity contribution >= 4 is 27.2 Å². The van der Waals surface area contributed by atoms with Gasteiger partial charge in [0.15, 0.2) is 9.84 Å². The minimum atomic E-state index is -2.90. The second kappa shape index (κ2) is 7.09. The first kappa shape index (κ1) is 16.7. The molecule has 1 fully saturated rings. The maximum Gasteiger partial charge on any atom is 0.225 e. The van der Waals surface area contributed by atoms with Crippen molar-refractivity contribution in [3.63, 3.8) is 0 Å². The molecule has 1 aliphatic heterocycles. The van der Waals surface area contributed by atoms with E-state index < -0.39 is 9.84 Å². The average molecular weight is 325 g/mol. The standard InChI is InChI=1S/C15H23N3O3S/c1-3-4-5-15(19)17-14-7-6-12(10-16-14)18(2)13-8-9-22(20,21)11-13/h6-7,10,13H,3-5,8-9,11H2,1-2H3,(H,16,17,19). The van der Waals surface area contributed by atoms with E-state index in [2.05, 4.69) is 10.3 Å². The van der Waals surface area contributed by atoms with Crippen LogP contribution < -0.4 is 10.2 Å². The molecule has 1 amide bonds. The third kappa shape index (κ3) is 4.43. The smallest absolute Gasteiger partial charge is 0.225 e. The Hall–Kier alpha value is -1.63. The predicted octanol–water partition coefficient (Wildman–Crippen LogP) is 1.83. The molecule has 0 saturated carbocycles. The van der Waals surface area contributed by atoms with Crippen LogP contribution in [0.1, 0.15) is 32.6 Å². The lowest BCUT2D eigenvalue weighted by molar-refractivity contribution is -0.116. The Kier molecular flexibility index (Phi) is 5.39. The van der Waals surface area contributed by atoms with Crippen LogP contribution in [-0.2, 0) is 14.6 Å². The zero-order valence-electron chi connectivity index (χ0n) is 13.1. The van der Waals surface area contributed by atoms with Crippen LogP contribution in [0.5, 0.6) is 0 Å². The number of pyridine rings is 1. The number of carbonyl (C=O) groups is 1. The van der Waals surface area contributed by atoms with Gasteiger partial charge in [-0.15, -0.1) is 0 Å². The fraction of sp³-hybridized carbons (Fsp3) is 0.600. The molecule has 22 heavy (non-hydrogen) atoms. The SMILES string of the molecule is CCCCC(=O)Nc1ccc(N(C)C2CCS(=O)(=O)C2)cn1. The number of nitrogens with one attached hydrogen (secondary N) is 1. The third-order valence-corrected chi connectivity index (χ3v) is 5.69. The number of hydrogen-bond acceptors (Lipinski definition) is 5. The highest BCUT2D eigenvalue weighted by atomic mass is 32.2. The molecule has 6 nitrogen and oxygen atoms in total. The summed E-state index contributed by atoms with van der Waals surface area (Å²) in [5, 5.41) is 2.76. The molecule has 0 aromatic carbocycles. The molecule has 7 heteroatoms. The topological polar surface area (TPSA) is 79.4 Å². The number of carbonyl (C=O) groups excluding carboxylic acids is 1. The number of hydrogen-bond donors (Lipinski definition) is 1. The Morgan fingerprint density at radius 2 is 2.23 bits per heavy atom. The van der Waals surface area contributed by atoms with Crippen molar-refractivity contribution in [1.29, 1.82) is 0 Å². The van der Waals surface area contributed by atoms with Crippen molar-refractivity contribution in [2.45, 2.75) is 38.6 Å². The summed E-state index contributed by atoms with van der Waals surface area (Å²) in [6.07, 6.45) is 4.66. The molecular weight excluding hydrogens is 302 g/mol. The average Bonchev–Trinajstić information content (AvgIpc) is 2.85. The summed E-state index contributed by atoms with van der Waals surface area (Å²) in [6.45, 7) is 2.04. The number of nitrogens with zero attached hydrogens (tertiary/aromatic N) is 2. The van der Waals surface area contributed by atoms with Gasteiger partial charge in [0.2, 0.25) is 5.91 Å². The van der Waals surface area contributed by atoms with Gasteiger partial charge < -0.3 is 10.2 Å². The van der Waals surface area contributed by atoms with Gasteiger partial charge in [-0.25, -0.2) is 13.4 Å². The lowest BCUT2D eigenvalue weighted by atomic mass is 10.2. The van der Waals surface area contributed by atoms with Crippen molar-refractivity contribution in [3.8, 4) is 0 Å². The van der Waals surface area contributed by atoms with Crippen LogP contribution in [0.4, 0.5) is 11.5 Å². The molecule has 122 valence electrons. The highest BCUT2D eigenvalue weighted by Gasteiger charge is 2.30. The Labute approximate surface area is 131 Å². The molecular formula is C15H23N3O3S. The van der Waals surface area contributed by atoms with Gasteiger partial charge in [-0.2, -0.15) is 0 Å². The molecule has 1 aromatic rings. The Bertz CT molecular complexity index is 613. The maximum atomic E-state index is 11.6. The highest BCUT2D eigenvalue weighted by molar-refractivity contribution is 7.91.